The third kappa shape index (κ3) is 4.81. The summed E-state index contributed by atoms with van der Waals surface area (Å²) < 4.78 is 64.0. The number of benzene rings is 3. The SMILES string of the molecule is COc1cc(-c2cc(F)cc(Cl)c2)c(F)cc1-n1c(=O)ccc2cc(S(=O)(=O)Nc3cccnn3)ccc21. The maximum absolute atomic E-state index is 15.3. The summed E-state index contributed by atoms with van der Waals surface area (Å²) in [6.07, 6.45) is 1.41. The van der Waals surface area contributed by atoms with Crippen LogP contribution in [0.2, 0.25) is 5.02 Å². The Labute approximate surface area is 220 Å². The van der Waals surface area contributed by atoms with Crippen LogP contribution in [0.3, 0.4) is 0 Å². The molecule has 38 heavy (non-hydrogen) atoms. The molecule has 0 saturated carbocycles. The molecule has 0 atom stereocenters. The summed E-state index contributed by atoms with van der Waals surface area (Å²) in [5, 5.41) is 7.84. The number of hydrogen-bond acceptors (Lipinski definition) is 6. The summed E-state index contributed by atoms with van der Waals surface area (Å²) in [5.41, 5.74) is 0.0669. The average Bonchev–Trinajstić information content (AvgIpc) is 2.88. The van der Waals surface area contributed by atoms with Crippen LogP contribution in [0.25, 0.3) is 27.7 Å². The molecule has 0 radical (unpaired) electrons. The minimum atomic E-state index is -4.02. The highest BCUT2D eigenvalue weighted by molar-refractivity contribution is 7.92. The van der Waals surface area contributed by atoms with Gasteiger partial charge in [0, 0.05) is 34.3 Å². The number of hydrogen-bond donors (Lipinski definition) is 1. The van der Waals surface area contributed by atoms with Crippen molar-refractivity contribution in [2.75, 3.05) is 11.8 Å². The van der Waals surface area contributed by atoms with Crippen LogP contribution >= 0.6 is 11.6 Å². The Morgan fingerprint density at radius 1 is 1.00 bits per heavy atom. The van der Waals surface area contributed by atoms with E-state index >= 15 is 4.39 Å². The van der Waals surface area contributed by atoms with Crippen LogP contribution in [-0.4, -0.2) is 30.3 Å². The van der Waals surface area contributed by atoms with E-state index in [0.29, 0.717) is 10.9 Å². The van der Waals surface area contributed by atoms with Gasteiger partial charge in [-0.25, -0.2) is 17.2 Å². The van der Waals surface area contributed by atoms with Crippen LogP contribution in [0.4, 0.5) is 14.6 Å². The van der Waals surface area contributed by atoms with Crippen LogP contribution in [0.1, 0.15) is 0 Å². The van der Waals surface area contributed by atoms with Gasteiger partial charge in [0.05, 0.1) is 23.2 Å². The first kappa shape index (κ1) is 25.3. The van der Waals surface area contributed by atoms with Gasteiger partial charge in [0.1, 0.15) is 17.4 Å². The second-order valence-electron chi connectivity index (χ2n) is 8.10. The Kier molecular flexibility index (Phi) is 6.55. The van der Waals surface area contributed by atoms with Gasteiger partial charge < -0.3 is 4.74 Å². The summed E-state index contributed by atoms with van der Waals surface area (Å²) in [6, 6.07) is 15.8. The number of nitrogens with one attached hydrogen (secondary N) is 1. The lowest BCUT2D eigenvalue weighted by molar-refractivity contribution is 0.412. The molecule has 5 rings (SSSR count). The smallest absolute Gasteiger partial charge is 0.263 e. The first-order valence-electron chi connectivity index (χ1n) is 11.0. The summed E-state index contributed by atoms with van der Waals surface area (Å²) in [7, 11) is -2.68. The maximum Gasteiger partial charge on any atom is 0.263 e. The van der Waals surface area contributed by atoms with Crippen molar-refractivity contribution in [3.63, 3.8) is 0 Å². The molecule has 192 valence electrons. The molecule has 8 nitrogen and oxygen atoms in total. The van der Waals surface area contributed by atoms with Crippen molar-refractivity contribution >= 4 is 38.3 Å². The van der Waals surface area contributed by atoms with Crippen LogP contribution in [0.5, 0.6) is 5.75 Å². The lowest BCUT2D eigenvalue weighted by Gasteiger charge is -2.17. The standard InChI is InChI=1S/C26H17ClF2N4O4S/c1-37-24-13-20(16-9-17(27)12-18(28)10-16)21(29)14-23(24)33-22-6-5-19(11-15(22)4-7-26(33)34)38(35,36)32-25-3-2-8-30-31-25/h2-14H,1H3,(H,31,32). The number of nitrogens with zero attached hydrogens (tertiary/aromatic N) is 3. The molecule has 5 aromatic rings. The number of halogens is 3. The van der Waals surface area contributed by atoms with Gasteiger partial charge in [-0.2, -0.15) is 5.10 Å². The maximum atomic E-state index is 15.3. The number of ether oxygens (including phenoxy) is 1. The molecule has 1 N–H and O–H groups in total. The van der Waals surface area contributed by atoms with Gasteiger partial charge in [0.2, 0.25) is 0 Å². The van der Waals surface area contributed by atoms with Gasteiger partial charge in [-0.05, 0) is 66.2 Å². The van der Waals surface area contributed by atoms with E-state index in [9.17, 15) is 17.6 Å². The number of fused-ring (bicyclic) bond motifs is 1. The average molecular weight is 555 g/mol. The van der Waals surface area contributed by atoms with Crippen molar-refractivity contribution in [2.24, 2.45) is 0 Å². The Morgan fingerprint density at radius 2 is 1.82 bits per heavy atom. The highest BCUT2D eigenvalue weighted by Gasteiger charge is 2.20. The molecule has 0 unspecified atom stereocenters. The fourth-order valence-electron chi connectivity index (χ4n) is 4.00. The number of methoxy groups -OCH3 is 1. The van der Waals surface area contributed by atoms with Crippen LogP contribution < -0.4 is 15.0 Å². The first-order chi connectivity index (χ1) is 18.2. The van der Waals surface area contributed by atoms with E-state index in [1.165, 1.54) is 72.5 Å². The Balaban J connectivity index is 1.64. The predicted molar refractivity (Wildman–Crippen MR) is 139 cm³/mol. The number of anilines is 1. The van der Waals surface area contributed by atoms with E-state index in [0.717, 1.165) is 18.2 Å². The molecular weight excluding hydrogens is 538 g/mol. The van der Waals surface area contributed by atoms with Crippen LogP contribution in [0, 0.1) is 11.6 Å². The largest absolute Gasteiger partial charge is 0.495 e. The molecule has 2 heterocycles. The first-order valence-corrected chi connectivity index (χ1v) is 12.8. The van der Waals surface area contributed by atoms with E-state index in [1.807, 2.05) is 0 Å². The monoisotopic (exact) mass is 554 g/mol. The van der Waals surface area contributed by atoms with E-state index < -0.39 is 27.2 Å². The second-order valence-corrected chi connectivity index (χ2v) is 10.2. The highest BCUT2D eigenvalue weighted by Crippen LogP contribution is 2.35. The molecule has 0 fully saturated rings. The van der Waals surface area contributed by atoms with Gasteiger partial charge in [-0.15, -0.1) is 5.10 Å². The van der Waals surface area contributed by atoms with Crippen molar-refractivity contribution in [2.45, 2.75) is 4.90 Å². The number of pyridine rings is 1. The summed E-state index contributed by atoms with van der Waals surface area (Å²) in [6.45, 7) is 0. The molecule has 0 spiro atoms. The van der Waals surface area contributed by atoms with Crippen LogP contribution in [0.15, 0.2) is 88.7 Å². The zero-order chi connectivity index (χ0) is 27.0. The number of sulfonamides is 1. The third-order valence-electron chi connectivity index (χ3n) is 5.67. The van der Waals surface area contributed by atoms with Gasteiger partial charge in [-0.1, -0.05) is 11.6 Å². The van der Waals surface area contributed by atoms with Crippen molar-refractivity contribution in [1.82, 2.24) is 14.8 Å². The molecule has 0 saturated heterocycles. The Morgan fingerprint density at radius 3 is 2.53 bits per heavy atom. The lowest BCUT2D eigenvalue weighted by atomic mass is 10.0. The van der Waals surface area contributed by atoms with Gasteiger partial charge in [0.25, 0.3) is 15.6 Å². The van der Waals surface area contributed by atoms with E-state index in [1.54, 1.807) is 0 Å². The molecule has 0 bridgehead atoms. The van der Waals surface area contributed by atoms with E-state index in [-0.39, 0.29) is 38.3 Å². The van der Waals surface area contributed by atoms with Crippen molar-refractivity contribution < 1.29 is 21.9 Å². The molecule has 0 aliphatic heterocycles. The zero-order valence-electron chi connectivity index (χ0n) is 19.5. The Bertz CT molecular complexity index is 1850. The molecule has 0 amide bonds. The second kappa shape index (κ2) is 9.84. The molecule has 3 aromatic carbocycles. The topological polar surface area (TPSA) is 103 Å². The van der Waals surface area contributed by atoms with E-state index in [2.05, 4.69) is 14.9 Å². The van der Waals surface area contributed by atoms with Gasteiger partial charge >= 0.3 is 0 Å². The number of aromatic nitrogens is 3. The highest BCUT2D eigenvalue weighted by atomic mass is 35.5. The molecule has 12 heteroatoms. The minimum absolute atomic E-state index is 0.0174. The molecule has 0 aliphatic carbocycles. The zero-order valence-corrected chi connectivity index (χ0v) is 21.1. The fourth-order valence-corrected chi connectivity index (χ4v) is 5.26. The summed E-state index contributed by atoms with van der Waals surface area (Å²) in [5.74, 6) is -1.23. The van der Waals surface area contributed by atoms with E-state index in [4.69, 9.17) is 16.3 Å². The normalized spacial score (nSPS) is 11.5. The Hall–Kier alpha value is -4.35. The lowest BCUT2D eigenvalue weighted by Crippen LogP contribution is -2.19. The minimum Gasteiger partial charge on any atom is -0.495 e. The summed E-state index contributed by atoms with van der Waals surface area (Å²) >= 11 is 5.94. The third-order valence-corrected chi connectivity index (χ3v) is 7.24. The number of rotatable bonds is 6. The molecule has 2 aromatic heterocycles. The van der Waals surface area contributed by atoms with Crippen molar-refractivity contribution in [1.29, 1.82) is 0 Å². The quantitative estimate of drug-likeness (QED) is 0.310. The molecular formula is C26H17ClF2N4O4S. The predicted octanol–water partition coefficient (Wildman–Crippen LogP) is 5.19. The summed E-state index contributed by atoms with van der Waals surface area (Å²) in [4.78, 5) is 12.9. The van der Waals surface area contributed by atoms with Crippen molar-refractivity contribution in [3.8, 4) is 22.6 Å². The fraction of sp³-hybridized carbons (Fsp3) is 0.0385. The molecule has 0 aliphatic rings. The van der Waals surface area contributed by atoms with Crippen molar-refractivity contribution in [3.05, 3.63) is 106 Å². The van der Waals surface area contributed by atoms with Gasteiger partial charge in [0.15, 0.2) is 5.82 Å². The van der Waals surface area contributed by atoms with Crippen LogP contribution in [-0.2, 0) is 10.0 Å². The van der Waals surface area contributed by atoms with Gasteiger partial charge in [-0.3, -0.25) is 14.1 Å².